The Kier molecular flexibility index (Phi) is 6.03. The lowest BCUT2D eigenvalue weighted by atomic mass is 10.2. The van der Waals surface area contributed by atoms with Crippen molar-refractivity contribution in [1.82, 2.24) is 0 Å². The van der Waals surface area contributed by atoms with Crippen LogP contribution < -0.4 is 19.5 Å². The summed E-state index contributed by atoms with van der Waals surface area (Å²) in [5.74, 6) is 0.185. The van der Waals surface area contributed by atoms with E-state index in [2.05, 4.69) is 21.2 Å². The van der Waals surface area contributed by atoms with Crippen LogP contribution in [0, 0.1) is 12.7 Å². The Balaban J connectivity index is 2.09. The predicted molar refractivity (Wildman–Crippen MR) is 92.5 cm³/mol. The standard InChI is InChI=1S/C17H17BrFNO4/c1-10-6-14(22-2)17(15(7-10)23-3)24-9-16(21)20-13-5-4-11(18)8-12(13)19/h4-8H,9H2,1-3H3,(H,20,21). The molecule has 0 aliphatic rings. The van der Waals surface area contributed by atoms with Gasteiger partial charge in [-0.2, -0.15) is 0 Å². The zero-order valence-corrected chi connectivity index (χ0v) is 15.1. The Hall–Kier alpha value is -2.28. The highest BCUT2D eigenvalue weighted by atomic mass is 79.9. The molecule has 2 aromatic rings. The SMILES string of the molecule is COc1cc(C)cc(OC)c1OCC(=O)Nc1ccc(Br)cc1F. The van der Waals surface area contributed by atoms with Crippen molar-refractivity contribution in [2.45, 2.75) is 6.92 Å². The third-order valence-electron chi connectivity index (χ3n) is 3.16. The molecule has 0 saturated heterocycles. The van der Waals surface area contributed by atoms with Crippen LogP contribution in [-0.4, -0.2) is 26.7 Å². The van der Waals surface area contributed by atoms with Crippen LogP contribution in [0.5, 0.6) is 17.2 Å². The largest absolute Gasteiger partial charge is 0.493 e. The van der Waals surface area contributed by atoms with E-state index in [1.807, 2.05) is 6.92 Å². The Morgan fingerprint density at radius 2 is 1.79 bits per heavy atom. The van der Waals surface area contributed by atoms with Gasteiger partial charge in [-0.3, -0.25) is 4.79 Å². The molecule has 0 radical (unpaired) electrons. The molecule has 0 heterocycles. The number of ether oxygens (including phenoxy) is 3. The minimum atomic E-state index is -0.539. The number of aryl methyl sites for hydroxylation is 1. The van der Waals surface area contributed by atoms with Crippen LogP contribution in [0.25, 0.3) is 0 Å². The molecule has 0 saturated carbocycles. The first-order valence-electron chi connectivity index (χ1n) is 7.05. The van der Waals surface area contributed by atoms with Crippen molar-refractivity contribution < 1.29 is 23.4 Å². The highest BCUT2D eigenvalue weighted by Crippen LogP contribution is 2.38. The van der Waals surface area contributed by atoms with Gasteiger partial charge in [0.2, 0.25) is 5.75 Å². The lowest BCUT2D eigenvalue weighted by molar-refractivity contribution is -0.118. The Morgan fingerprint density at radius 1 is 1.17 bits per heavy atom. The maximum atomic E-state index is 13.7. The molecule has 1 N–H and O–H groups in total. The van der Waals surface area contributed by atoms with E-state index in [4.69, 9.17) is 14.2 Å². The molecular formula is C17H17BrFNO4. The number of rotatable bonds is 6. The second-order valence-corrected chi connectivity index (χ2v) is 5.88. The number of methoxy groups -OCH3 is 2. The van der Waals surface area contributed by atoms with Crippen molar-refractivity contribution in [2.75, 3.05) is 26.1 Å². The number of hydrogen-bond acceptors (Lipinski definition) is 4. The van der Waals surface area contributed by atoms with E-state index in [0.717, 1.165) is 5.56 Å². The van der Waals surface area contributed by atoms with Crippen molar-refractivity contribution in [1.29, 1.82) is 0 Å². The summed E-state index contributed by atoms with van der Waals surface area (Å²) in [4.78, 5) is 12.0. The zero-order valence-electron chi connectivity index (χ0n) is 13.5. The second kappa shape index (κ2) is 8.01. The molecular weight excluding hydrogens is 381 g/mol. The summed E-state index contributed by atoms with van der Waals surface area (Å²) in [7, 11) is 3.00. The summed E-state index contributed by atoms with van der Waals surface area (Å²) in [5, 5.41) is 2.45. The van der Waals surface area contributed by atoms with Crippen LogP contribution in [0.15, 0.2) is 34.8 Å². The van der Waals surface area contributed by atoms with Gasteiger partial charge in [-0.05, 0) is 42.8 Å². The molecule has 0 spiro atoms. The van der Waals surface area contributed by atoms with Gasteiger partial charge in [0.15, 0.2) is 18.1 Å². The van der Waals surface area contributed by atoms with Gasteiger partial charge in [-0.15, -0.1) is 0 Å². The fraction of sp³-hybridized carbons (Fsp3) is 0.235. The molecule has 5 nitrogen and oxygen atoms in total. The fourth-order valence-electron chi connectivity index (χ4n) is 2.07. The number of carbonyl (C=O) groups is 1. The molecule has 0 bridgehead atoms. The first-order valence-corrected chi connectivity index (χ1v) is 7.84. The zero-order chi connectivity index (χ0) is 17.7. The molecule has 0 aliphatic carbocycles. The molecule has 7 heteroatoms. The molecule has 128 valence electrons. The monoisotopic (exact) mass is 397 g/mol. The Labute approximate surface area is 147 Å². The minimum Gasteiger partial charge on any atom is -0.493 e. The van der Waals surface area contributed by atoms with E-state index >= 15 is 0 Å². The summed E-state index contributed by atoms with van der Waals surface area (Å²) >= 11 is 3.16. The first kappa shape index (κ1) is 18.1. The lowest BCUT2D eigenvalue weighted by Crippen LogP contribution is -2.21. The van der Waals surface area contributed by atoms with Gasteiger partial charge in [0.25, 0.3) is 5.91 Å². The van der Waals surface area contributed by atoms with Gasteiger partial charge in [-0.25, -0.2) is 4.39 Å². The van der Waals surface area contributed by atoms with Gasteiger partial charge < -0.3 is 19.5 Å². The maximum absolute atomic E-state index is 13.7. The number of nitrogens with one attached hydrogen (secondary N) is 1. The predicted octanol–water partition coefficient (Wildman–Crippen LogP) is 3.93. The summed E-state index contributed by atoms with van der Waals surface area (Å²) in [6.45, 7) is 1.57. The van der Waals surface area contributed by atoms with Crippen LogP contribution in [0.1, 0.15) is 5.56 Å². The number of halogens is 2. The number of anilines is 1. The van der Waals surface area contributed by atoms with Gasteiger partial charge >= 0.3 is 0 Å². The van der Waals surface area contributed by atoms with Crippen molar-refractivity contribution >= 4 is 27.5 Å². The fourth-order valence-corrected chi connectivity index (χ4v) is 2.40. The summed E-state index contributed by atoms with van der Waals surface area (Å²) in [6.07, 6.45) is 0. The average Bonchev–Trinajstić information content (AvgIpc) is 2.55. The van der Waals surface area contributed by atoms with E-state index in [9.17, 15) is 9.18 Å². The molecule has 2 aromatic carbocycles. The number of benzene rings is 2. The molecule has 0 aliphatic heterocycles. The highest BCUT2D eigenvalue weighted by molar-refractivity contribution is 9.10. The quantitative estimate of drug-likeness (QED) is 0.801. The van der Waals surface area contributed by atoms with Crippen LogP contribution in [0.2, 0.25) is 0 Å². The maximum Gasteiger partial charge on any atom is 0.262 e. The summed E-state index contributed by atoms with van der Waals surface area (Å²) in [5.41, 5.74) is 1.01. The van der Waals surface area contributed by atoms with Gasteiger partial charge in [0.1, 0.15) is 5.82 Å². The molecule has 0 aromatic heterocycles. The normalized spacial score (nSPS) is 10.2. The van der Waals surface area contributed by atoms with E-state index in [0.29, 0.717) is 21.7 Å². The van der Waals surface area contributed by atoms with Crippen LogP contribution in [-0.2, 0) is 4.79 Å². The Morgan fingerprint density at radius 3 is 2.33 bits per heavy atom. The van der Waals surface area contributed by atoms with Crippen molar-refractivity contribution in [2.24, 2.45) is 0 Å². The molecule has 1 amide bonds. The van der Waals surface area contributed by atoms with E-state index in [-0.39, 0.29) is 12.3 Å². The molecule has 0 fully saturated rings. The van der Waals surface area contributed by atoms with Crippen molar-refractivity contribution in [3.63, 3.8) is 0 Å². The van der Waals surface area contributed by atoms with Crippen molar-refractivity contribution in [3.05, 3.63) is 46.2 Å². The average molecular weight is 398 g/mol. The third kappa shape index (κ3) is 4.38. The second-order valence-electron chi connectivity index (χ2n) is 4.96. The van der Waals surface area contributed by atoms with Crippen molar-refractivity contribution in [3.8, 4) is 17.2 Å². The first-order chi connectivity index (χ1) is 11.4. The topological polar surface area (TPSA) is 56.8 Å². The molecule has 2 rings (SSSR count). The third-order valence-corrected chi connectivity index (χ3v) is 3.65. The molecule has 24 heavy (non-hydrogen) atoms. The lowest BCUT2D eigenvalue weighted by Gasteiger charge is -2.15. The van der Waals surface area contributed by atoms with Gasteiger partial charge in [0.05, 0.1) is 19.9 Å². The molecule has 0 atom stereocenters. The summed E-state index contributed by atoms with van der Waals surface area (Å²) < 4.78 is 30.3. The minimum absolute atomic E-state index is 0.0784. The van der Waals surface area contributed by atoms with Crippen LogP contribution in [0.3, 0.4) is 0 Å². The summed E-state index contributed by atoms with van der Waals surface area (Å²) in [6, 6.07) is 7.90. The van der Waals surface area contributed by atoms with Crippen LogP contribution in [0.4, 0.5) is 10.1 Å². The van der Waals surface area contributed by atoms with E-state index in [1.165, 1.54) is 26.4 Å². The molecule has 0 unspecified atom stereocenters. The smallest absolute Gasteiger partial charge is 0.262 e. The number of amides is 1. The Bertz CT molecular complexity index is 726. The number of carbonyl (C=O) groups excluding carboxylic acids is 1. The van der Waals surface area contributed by atoms with E-state index in [1.54, 1.807) is 18.2 Å². The highest BCUT2D eigenvalue weighted by Gasteiger charge is 2.15. The van der Waals surface area contributed by atoms with Gasteiger partial charge in [-0.1, -0.05) is 15.9 Å². The number of hydrogen-bond donors (Lipinski definition) is 1. The van der Waals surface area contributed by atoms with E-state index < -0.39 is 11.7 Å². The van der Waals surface area contributed by atoms with Crippen LogP contribution >= 0.6 is 15.9 Å². The van der Waals surface area contributed by atoms with Gasteiger partial charge in [0, 0.05) is 4.47 Å².